The van der Waals surface area contributed by atoms with E-state index in [4.69, 9.17) is 5.73 Å². The lowest BCUT2D eigenvalue weighted by molar-refractivity contribution is -0.128. The first-order chi connectivity index (χ1) is 9.02. The van der Waals surface area contributed by atoms with Crippen LogP contribution in [0, 0.1) is 5.82 Å². The molecule has 0 radical (unpaired) electrons. The van der Waals surface area contributed by atoms with Gasteiger partial charge in [0.25, 0.3) is 0 Å². The molecule has 1 atom stereocenters. The van der Waals surface area contributed by atoms with Gasteiger partial charge >= 0.3 is 0 Å². The van der Waals surface area contributed by atoms with Crippen molar-refractivity contribution >= 4 is 22.4 Å². The number of rotatable bonds is 5. The Morgan fingerprint density at radius 1 is 1.53 bits per heavy atom. The zero-order valence-electron chi connectivity index (χ0n) is 10.8. The van der Waals surface area contributed by atoms with Gasteiger partial charge in [-0.25, -0.2) is 4.39 Å². The van der Waals surface area contributed by atoms with Crippen molar-refractivity contribution in [1.82, 2.24) is 4.90 Å². The summed E-state index contributed by atoms with van der Waals surface area (Å²) in [6.45, 7) is 2.53. The van der Waals surface area contributed by atoms with E-state index >= 15 is 0 Å². The molecular weight excluding hydrogens is 267 g/mol. The topological polar surface area (TPSA) is 63.4 Å². The molecule has 104 valence electrons. The summed E-state index contributed by atoms with van der Waals surface area (Å²) >= 11 is 0. The highest BCUT2D eigenvalue weighted by molar-refractivity contribution is 7.86. The van der Waals surface area contributed by atoms with Crippen molar-refractivity contribution in [3.05, 3.63) is 24.0 Å². The van der Waals surface area contributed by atoms with Crippen LogP contribution in [-0.4, -0.2) is 33.4 Å². The lowest BCUT2D eigenvalue weighted by Gasteiger charge is -2.20. The minimum absolute atomic E-state index is 0.0971. The van der Waals surface area contributed by atoms with E-state index in [9.17, 15) is 13.4 Å². The number of halogens is 1. The van der Waals surface area contributed by atoms with Crippen LogP contribution < -0.4 is 5.73 Å². The van der Waals surface area contributed by atoms with Gasteiger partial charge in [-0.05, 0) is 38.0 Å². The summed E-state index contributed by atoms with van der Waals surface area (Å²) in [7, 11) is -1.53. The standard InChI is InChI=1S/C13H17FN2O2S/c1-2-16(10-4-5-10)13(17)8-19(18)12-6-3-9(14)7-11(12)15/h3,6-7,10H,2,4-5,8,15H2,1H3. The fourth-order valence-corrected chi connectivity index (χ4v) is 3.11. The fourth-order valence-electron chi connectivity index (χ4n) is 2.02. The van der Waals surface area contributed by atoms with E-state index in [0.29, 0.717) is 17.5 Å². The third kappa shape index (κ3) is 3.32. The number of hydrogen-bond acceptors (Lipinski definition) is 3. The number of hydrogen-bond donors (Lipinski definition) is 1. The first kappa shape index (κ1) is 14.0. The van der Waals surface area contributed by atoms with Gasteiger partial charge in [0.1, 0.15) is 11.6 Å². The van der Waals surface area contributed by atoms with Crippen LogP contribution in [0.15, 0.2) is 23.1 Å². The third-order valence-electron chi connectivity index (χ3n) is 3.12. The SMILES string of the molecule is CCN(C(=O)CS(=O)c1ccc(F)cc1N)C1CC1. The molecule has 0 saturated heterocycles. The van der Waals surface area contributed by atoms with Gasteiger partial charge in [0.2, 0.25) is 5.91 Å². The summed E-state index contributed by atoms with van der Waals surface area (Å²) in [6, 6.07) is 4.00. The molecule has 1 aliphatic carbocycles. The van der Waals surface area contributed by atoms with Crippen molar-refractivity contribution in [3.63, 3.8) is 0 Å². The molecule has 1 fully saturated rings. The van der Waals surface area contributed by atoms with Gasteiger partial charge in [-0.2, -0.15) is 0 Å². The molecule has 0 aliphatic heterocycles. The molecule has 1 aromatic carbocycles. The van der Waals surface area contributed by atoms with E-state index in [2.05, 4.69) is 0 Å². The molecule has 1 aliphatic rings. The molecule has 6 heteroatoms. The number of anilines is 1. The monoisotopic (exact) mass is 284 g/mol. The average molecular weight is 284 g/mol. The van der Waals surface area contributed by atoms with Crippen LogP contribution in [0.3, 0.4) is 0 Å². The first-order valence-corrected chi connectivity index (χ1v) is 7.57. The lowest BCUT2D eigenvalue weighted by atomic mass is 10.3. The first-order valence-electron chi connectivity index (χ1n) is 6.25. The minimum atomic E-state index is -1.53. The molecule has 1 saturated carbocycles. The molecule has 1 unspecified atom stereocenters. The lowest BCUT2D eigenvalue weighted by Crippen LogP contribution is -2.36. The van der Waals surface area contributed by atoms with Crippen molar-refractivity contribution in [2.45, 2.75) is 30.7 Å². The normalized spacial score (nSPS) is 16.1. The maximum atomic E-state index is 12.9. The zero-order chi connectivity index (χ0) is 14.0. The summed E-state index contributed by atoms with van der Waals surface area (Å²) < 4.78 is 25.0. The van der Waals surface area contributed by atoms with Crippen molar-refractivity contribution in [2.75, 3.05) is 18.0 Å². The van der Waals surface area contributed by atoms with E-state index in [-0.39, 0.29) is 17.3 Å². The molecule has 2 rings (SSSR count). The van der Waals surface area contributed by atoms with Crippen LogP contribution >= 0.6 is 0 Å². The number of nitrogens with zero attached hydrogens (tertiary/aromatic N) is 1. The van der Waals surface area contributed by atoms with E-state index in [1.54, 1.807) is 4.90 Å². The Bertz CT molecular complexity index is 517. The minimum Gasteiger partial charge on any atom is -0.398 e. The number of carbonyl (C=O) groups excluding carboxylic acids is 1. The van der Waals surface area contributed by atoms with Gasteiger partial charge in [0, 0.05) is 12.6 Å². The van der Waals surface area contributed by atoms with Crippen LogP contribution in [-0.2, 0) is 15.6 Å². The molecule has 0 aromatic heterocycles. The van der Waals surface area contributed by atoms with Gasteiger partial charge < -0.3 is 10.6 Å². The number of nitrogen functional groups attached to an aromatic ring is 1. The number of nitrogens with two attached hydrogens (primary N) is 1. The summed E-state index contributed by atoms with van der Waals surface area (Å²) in [5, 5.41) is 0. The maximum Gasteiger partial charge on any atom is 0.235 e. The van der Waals surface area contributed by atoms with Gasteiger partial charge in [-0.1, -0.05) is 0 Å². The predicted molar refractivity (Wildman–Crippen MR) is 72.5 cm³/mol. The second kappa shape index (κ2) is 5.69. The van der Waals surface area contributed by atoms with Crippen LogP contribution in [0.2, 0.25) is 0 Å². The van der Waals surface area contributed by atoms with E-state index in [1.165, 1.54) is 12.1 Å². The highest BCUT2D eigenvalue weighted by atomic mass is 32.2. The Hall–Kier alpha value is -1.43. The number of amides is 1. The van der Waals surface area contributed by atoms with Gasteiger partial charge in [0.15, 0.2) is 0 Å². The Labute approximate surface area is 114 Å². The molecule has 0 bridgehead atoms. The van der Waals surface area contributed by atoms with Crippen LogP contribution in [0.1, 0.15) is 19.8 Å². The van der Waals surface area contributed by atoms with E-state index < -0.39 is 16.6 Å². The van der Waals surface area contributed by atoms with Crippen LogP contribution in [0.4, 0.5) is 10.1 Å². The molecule has 4 nitrogen and oxygen atoms in total. The fraction of sp³-hybridized carbons (Fsp3) is 0.462. The van der Waals surface area contributed by atoms with Crippen molar-refractivity contribution in [2.24, 2.45) is 0 Å². The molecule has 19 heavy (non-hydrogen) atoms. The largest absolute Gasteiger partial charge is 0.398 e. The Morgan fingerprint density at radius 3 is 2.74 bits per heavy atom. The highest BCUT2D eigenvalue weighted by Crippen LogP contribution is 2.27. The summed E-state index contributed by atoms with van der Waals surface area (Å²) in [5.74, 6) is -0.704. The second-order valence-electron chi connectivity index (χ2n) is 4.58. The number of benzene rings is 1. The highest BCUT2D eigenvalue weighted by Gasteiger charge is 2.32. The molecule has 0 heterocycles. The van der Waals surface area contributed by atoms with Crippen LogP contribution in [0.5, 0.6) is 0 Å². The van der Waals surface area contributed by atoms with Gasteiger partial charge in [-0.3, -0.25) is 9.00 Å². The summed E-state index contributed by atoms with van der Waals surface area (Å²) in [4.78, 5) is 14.1. The summed E-state index contributed by atoms with van der Waals surface area (Å²) in [5.41, 5.74) is 5.75. The molecule has 2 N–H and O–H groups in total. The van der Waals surface area contributed by atoms with Gasteiger partial charge in [-0.15, -0.1) is 0 Å². The second-order valence-corrected chi connectivity index (χ2v) is 6.00. The van der Waals surface area contributed by atoms with Gasteiger partial charge in [0.05, 0.1) is 21.4 Å². The Morgan fingerprint density at radius 2 is 2.21 bits per heavy atom. The predicted octanol–water partition coefficient (Wildman–Crippen LogP) is 1.53. The van der Waals surface area contributed by atoms with E-state index in [1.807, 2.05) is 6.92 Å². The Balaban J connectivity index is 2.05. The molecule has 1 amide bonds. The molecule has 0 spiro atoms. The smallest absolute Gasteiger partial charge is 0.235 e. The quantitative estimate of drug-likeness (QED) is 0.834. The van der Waals surface area contributed by atoms with Crippen molar-refractivity contribution < 1.29 is 13.4 Å². The van der Waals surface area contributed by atoms with E-state index in [0.717, 1.165) is 18.9 Å². The maximum absolute atomic E-state index is 12.9. The summed E-state index contributed by atoms with van der Waals surface area (Å²) in [6.07, 6.45) is 2.04. The molecule has 1 aromatic rings. The third-order valence-corrected chi connectivity index (χ3v) is 4.49. The van der Waals surface area contributed by atoms with Crippen LogP contribution in [0.25, 0.3) is 0 Å². The Kier molecular flexibility index (Phi) is 4.19. The van der Waals surface area contributed by atoms with Crippen molar-refractivity contribution in [3.8, 4) is 0 Å². The average Bonchev–Trinajstić information content (AvgIpc) is 3.14. The zero-order valence-corrected chi connectivity index (χ0v) is 11.6. The molecular formula is C13H17FN2O2S. The number of carbonyl (C=O) groups is 1. The van der Waals surface area contributed by atoms with Crippen molar-refractivity contribution in [1.29, 1.82) is 0 Å².